The fourth-order valence-electron chi connectivity index (χ4n) is 2.09. The summed E-state index contributed by atoms with van der Waals surface area (Å²) < 4.78 is 0. The molecular formula is C19H19N3OS. The molecule has 1 aromatic carbocycles. The molecular weight excluding hydrogens is 318 g/mol. The predicted octanol–water partition coefficient (Wildman–Crippen LogP) is 4.86. The minimum Gasteiger partial charge on any atom is -0.326 e. The van der Waals surface area contributed by atoms with Crippen LogP contribution in [0.4, 0.5) is 5.69 Å². The molecule has 3 rings (SSSR count). The fourth-order valence-corrected chi connectivity index (χ4v) is 2.89. The van der Waals surface area contributed by atoms with Crippen LogP contribution in [0.1, 0.15) is 20.8 Å². The summed E-state index contributed by atoms with van der Waals surface area (Å²) in [5.74, 6) is -0.00731. The quantitative estimate of drug-likeness (QED) is 0.743. The highest BCUT2D eigenvalue weighted by molar-refractivity contribution is 7.13. The highest BCUT2D eigenvalue weighted by Crippen LogP contribution is 2.29. The van der Waals surface area contributed by atoms with Gasteiger partial charge in [0.05, 0.1) is 11.4 Å². The second kappa shape index (κ2) is 6.53. The Hall–Kier alpha value is -2.53. The van der Waals surface area contributed by atoms with E-state index in [9.17, 15) is 4.79 Å². The van der Waals surface area contributed by atoms with Gasteiger partial charge in [-0.15, -0.1) is 11.3 Å². The molecule has 2 heterocycles. The summed E-state index contributed by atoms with van der Waals surface area (Å²) in [6.45, 7) is 5.68. The van der Waals surface area contributed by atoms with Crippen LogP contribution in [0.5, 0.6) is 0 Å². The fraction of sp³-hybridized carbons (Fsp3) is 0.211. The van der Waals surface area contributed by atoms with Crippen molar-refractivity contribution >= 4 is 22.9 Å². The molecule has 0 atom stereocenters. The minimum absolute atomic E-state index is 0.00731. The molecule has 0 radical (unpaired) electrons. The number of nitrogens with zero attached hydrogens (tertiary/aromatic N) is 2. The number of benzene rings is 1. The zero-order chi connectivity index (χ0) is 17.2. The van der Waals surface area contributed by atoms with Gasteiger partial charge in [0.1, 0.15) is 5.01 Å². The molecule has 1 amide bonds. The number of rotatable bonds is 3. The van der Waals surface area contributed by atoms with Crippen molar-refractivity contribution in [1.82, 2.24) is 9.97 Å². The average molecular weight is 337 g/mol. The van der Waals surface area contributed by atoms with E-state index in [4.69, 9.17) is 0 Å². The third kappa shape index (κ3) is 3.68. The lowest BCUT2D eigenvalue weighted by molar-refractivity contribution is -0.123. The van der Waals surface area contributed by atoms with Gasteiger partial charge in [-0.05, 0) is 24.3 Å². The van der Waals surface area contributed by atoms with Gasteiger partial charge < -0.3 is 5.32 Å². The van der Waals surface area contributed by atoms with Crippen LogP contribution in [0.25, 0.3) is 22.0 Å². The Labute approximate surface area is 145 Å². The number of amides is 1. The van der Waals surface area contributed by atoms with E-state index in [0.717, 1.165) is 27.6 Å². The van der Waals surface area contributed by atoms with Crippen LogP contribution in [0.3, 0.4) is 0 Å². The zero-order valence-corrected chi connectivity index (χ0v) is 14.7. The van der Waals surface area contributed by atoms with Gasteiger partial charge in [0.2, 0.25) is 5.91 Å². The van der Waals surface area contributed by atoms with Crippen LogP contribution in [0.15, 0.2) is 54.0 Å². The van der Waals surface area contributed by atoms with Crippen LogP contribution in [0.2, 0.25) is 0 Å². The first-order valence-electron chi connectivity index (χ1n) is 7.72. The van der Waals surface area contributed by atoms with E-state index in [2.05, 4.69) is 15.3 Å². The second-order valence-corrected chi connectivity index (χ2v) is 7.40. The molecule has 24 heavy (non-hydrogen) atoms. The third-order valence-electron chi connectivity index (χ3n) is 3.49. The highest BCUT2D eigenvalue weighted by Gasteiger charge is 2.21. The molecule has 0 aliphatic carbocycles. The van der Waals surface area contributed by atoms with Gasteiger partial charge in [0, 0.05) is 28.2 Å². The Morgan fingerprint density at radius 1 is 1.08 bits per heavy atom. The van der Waals surface area contributed by atoms with Gasteiger partial charge in [-0.1, -0.05) is 39.0 Å². The highest BCUT2D eigenvalue weighted by atomic mass is 32.1. The molecule has 1 N–H and O–H groups in total. The van der Waals surface area contributed by atoms with Gasteiger partial charge >= 0.3 is 0 Å². The number of anilines is 1. The maximum Gasteiger partial charge on any atom is 0.229 e. The van der Waals surface area contributed by atoms with Gasteiger partial charge in [-0.2, -0.15) is 0 Å². The first-order valence-corrected chi connectivity index (χ1v) is 8.60. The Kier molecular flexibility index (Phi) is 4.44. The summed E-state index contributed by atoms with van der Waals surface area (Å²) in [4.78, 5) is 21.1. The normalized spacial score (nSPS) is 11.3. The maximum atomic E-state index is 12.1. The van der Waals surface area contributed by atoms with E-state index in [1.165, 1.54) is 0 Å². The molecule has 2 aromatic heterocycles. The summed E-state index contributed by atoms with van der Waals surface area (Å²) in [7, 11) is 0. The number of nitrogens with one attached hydrogen (secondary N) is 1. The number of thiazole rings is 1. The lowest BCUT2D eigenvalue weighted by Crippen LogP contribution is -2.27. The number of carbonyl (C=O) groups is 1. The van der Waals surface area contributed by atoms with Crippen LogP contribution in [-0.2, 0) is 4.79 Å². The summed E-state index contributed by atoms with van der Waals surface area (Å²) in [5.41, 5.74) is 3.07. The summed E-state index contributed by atoms with van der Waals surface area (Å²) in [6, 6.07) is 13.5. The molecule has 0 unspecified atom stereocenters. The SMILES string of the molecule is CC(C)(C)C(=O)Nc1cccc(-c2csc(-c3ccccn3)n2)c1. The molecule has 3 aromatic rings. The van der Waals surface area contributed by atoms with E-state index in [-0.39, 0.29) is 5.91 Å². The van der Waals surface area contributed by atoms with Gasteiger partial charge in [-0.25, -0.2) is 4.98 Å². The standard InChI is InChI=1S/C19H19N3OS/c1-19(2,3)18(23)21-14-8-6-7-13(11-14)16-12-24-17(22-16)15-9-4-5-10-20-15/h4-12H,1-3H3,(H,21,23). The van der Waals surface area contributed by atoms with Gasteiger partial charge in [0.25, 0.3) is 0 Å². The zero-order valence-electron chi connectivity index (χ0n) is 13.9. The van der Waals surface area contributed by atoms with Crippen LogP contribution < -0.4 is 5.32 Å². The van der Waals surface area contributed by atoms with Crippen LogP contribution in [0, 0.1) is 5.41 Å². The molecule has 0 aliphatic rings. The van der Waals surface area contributed by atoms with Gasteiger partial charge in [0.15, 0.2) is 0 Å². The number of pyridine rings is 1. The molecule has 0 saturated carbocycles. The molecule has 4 nitrogen and oxygen atoms in total. The third-order valence-corrected chi connectivity index (χ3v) is 4.35. The Bertz CT molecular complexity index is 850. The van der Waals surface area contributed by atoms with Crippen LogP contribution in [-0.4, -0.2) is 15.9 Å². The monoisotopic (exact) mass is 337 g/mol. The Morgan fingerprint density at radius 3 is 2.62 bits per heavy atom. The van der Waals surface area contributed by atoms with Crippen molar-refractivity contribution in [3.05, 3.63) is 54.0 Å². The van der Waals surface area contributed by atoms with Crippen molar-refractivity contribution in [2.75, 3.05) is 5.32 Å². The van der Waals surface area contributed by atoms with Crippen molar-refractivity contribution < 1.29 is 4.79 Å². The van der Waals surface area contributed by atoms with Crippen molar-refractivity contribution in [2.24, 2.45) is 5.41 Å². The molecule has 0 bridgehead atoms. The summed E-state index contributed by atoms with van der Waals surface area (Å²) in [6.07, 6.45) is 1.76. The molecule has 0 aliphatic heterocycles. The number of hydrogen-bond acceptors (Lipinski definition) is 4. The predicted molar refractivity (Wildman–Crippen MR) is 98.9 cm³/mol. The van der Waals surface area contributed by atoms with Crippen molar-refractivity contribution in [1.29, 1.82) is 0 Å². The van der Waals surface area contributed by atoms with E-state index in [0.29, 0.717) is 0 Å². The second-order valence-electron chi connectivity index (χ2n) is 6.54. The lowest BCUT2D eigenvalue weighted by Gasteiger charge is -2.17. The van der Waals surface area contributed by atoms with Gasteiger partial charge in [-0.3, -0.25) is 9.78 Å². The number of carbonyl (C=O) groups excluding carboxylic acids is 1. The van der Waals surface area contributed by atoms with E-state index in [1.807, 2.05) is 68.6 Å². The van der Waals surface area contributed by atoms with E-state index < -0.39 is 5.41 Å². The molecule has 0 fully saturated rings. The minimum atomic E-state index is -0.428. The topological polar surface area (TPSA) is 54.9 Å². The molecule has 0 saturated heterocycles. The molecule has 122 valence electrons. The lowest BCUT2D eigenvalue weighted by atomic mass is 9.95. The number of hydrogen-bond donors (Lipinski definition) is 1. The molecule has 5 heteroatoms. The average Bonchev–Trinajstić information content (AvgIpc) is 3.05. The first-order chi connectivity index (χ1) is 11.4. The van der Waals surface area contributed by atoms with E-state index >= 15 is 0 Å². The number of aromatic nitrogens is 2. The van der Waals surface area contributed by atoms with Crippen molar-refractivity contribution in [3.8, 4) is 22.0 Å². The largest absolute Gasteiger partial charge is 0.326 e. The smallest absolute Gasteiger partial charge is 0.229 e. The molecule has 0 spiro atoms. The van der Waals surface area contributed by atoms with Crippen molar-refractivity contribution in [2.45, 2.75) is 20.8 Å². The van der Waals surface area contributed by atoms with Crippen molar-refractivity contribution in [3.63, 3.8) is 0 Å². The maximum absolute atomic E-state index is 12.1. The summed E-state index contributed by atoms with van der Waals surface area (Å²) in [5, 5.41) is 5.85. The van der Waals surface area contributed by atoms with E-state index in [1.54, 1.807) is 17.5 Å². The Morgan fingerprint density at radius 2 is 1.92 bits per heavy atom. The van der Waals surface area contributed by atoms with Crippen LogP contribution >= 0.6 is 11.3 Å². The first kappa shape index (κ1) is 16.3. The summed E-state index contributed by atoms with van der Waals surface area (Å²) >= 11 is 1.56. The Balaban J connectivity index is 1.85.